The predicted octanol–water partition coefficient (Wildman–Crippen LogP) is 1.23. The van der Waals surface area contributed by atoms with E-state index in [1.165, 1.54) is 31.5 Å². The summed E-state index contributed by atoms with van der Waals surface area (Å²) in [4.78, 5) is 11.9. The van der Waals surface area contributed by atoms with Gasteiger partial charge in [-0.2, -0.15) is 0 Å². The van der Waals surface area contributed by atoms with E-state index in [0.717, 1.165) is 38.7 Å². The molecule has 0 saturated carbocycles. The van der Waals surface area contributed by atoms with Crippen LogP contribution in [-0.2, 0) is 0 Å². The molecule has 1 aromatic carbocycles. The highest BCUT2D eigenvalue weighted by Crippen LogP contribution is 2.24. The minimum atomic E-state index is 0.399. The molecular formula is C21H36N6. The van der Waals surface area contributed by atoms with Crippen LogP contribution >= 0.6 is 0 Å². The van der Waals surface area contributed by atoms with Crippen molar-refractivity contribution in [3.63, 3.8) is 0 Å². The van der Waals surface area contributed by atoms with Gasteiger partial charge in [-0.3, -0.25) is 14.8 Å². The highest BCUT2D eigenvalue weighted by Gasteiger charge is 2.24. The number of aliphatic imine (C=N–C) groups is 1. The minimum Gasteiger partial charge on any atom is -0.355 e. The first-order valence-electron chi connectivity index (χ1n) is 10.3. The minimum absolute atomic E-state index is 0.399. The van der Waals surface area contributed by atoms with E-state index in [0.29, 0.717) is 12.1 Å². The summed E-state index contributed by atoms with van der Waals surface area (Å²) in [6.45, 7) is 7.54. The van der Waals surface area contributed by atoms with Crippen molar-refractivity contribution in [3.8, 4) is 0 Å². The lowest BCUT2D eigenvalue weighted by Gasteiger charge is -2.38. The molecule has 0 aromatic heterocycles. The maximum absolute atomic E-state index is 4.45. The van der Waals surface area contributed by atoms with Crippen molar-refractivity contribution in [2.24, 2.45) is 4.99 Å². The smallest absolute Gasteiger partial charge is 0.191 e. The molecule has 0 radical (unpaired) electrons. The molecule has 27 heavy (non-hydrogen) atoms. The molecule has 0 amide bonds. The van der Waals surface area contributed by atoms with Gasteiger partial charge in [0, 0.05) is 45.8 Å². The Kier molecular flexibility index (Phi) is 7.50. The van der Waals surface area contributed by atoms with Gasteiger partial charge in [0.2, 0.25) is 0 Å². The summed E-state index contributed by atoms with van der Waals surface area (Å²) >= 11 is 0. The van der Waals surface area contributed by atoms with Crippen LogP contribution in [0, 0.1) is 0 Å². The molecule has 2 aliphatic rings. The number of likely N-dealkylation sites (tertiary alicyclic amines) is 1. The number of guanidine groups is 1. The van der Waals surface area contributed by atoms with E-state index >= 15 is 0 Å². The summed E-state index contributed by atoms with van der Waals surface area (Å²) in [5.41, 5.74) is 1.39. The maximum Gasteiger partial charge on any atom is 0.191 e. The Hall–Kier alpha value is -1.63. The van der Waals surface area contributed by atoms with Gasteiger partial charge in [0.25, 0.3) is 0 Å². The molecule has 2 atom stereocenters. The molecule has 6 heteroatoms. The Morgan fingerprint density at radius 3 is 2.52 bits per heavy atom. The first-order valence-corrected chi connectivity index (χ1v) is 10.3. The fraction of sp³-hybridized carbons (Fsp3) is 0.667. The molecular weight excluding hydrogens is 336 g/mol. The molecule has 2 heterocycles. The van der Waals surface area contributed by atoms with Crippen LogP contribution in [0.25, 0.3) is 0 Å². The van der Waals surface area contributed by atoms with E-state index in [1.54, 1.807) is 0 Å². The fourth-order valence-electron chi connectivity index (χ4n) is 4.14. The molecule has 0 bridgehead atoms. The van der Waals surface area contributed by atoms with Crippen LogP contribution in [0.3, 0.4) is 0 Å². The summed E-state index contributed by atoms with van der Waals surface area (Å²) in [5, 5.41) is 7.12. The molecule has 3 rings (SSSR count). The SMILES string of the molecule is CN=C(NCC1CN(C)CCN1C)NCC(c1ccccc1)N1CCCC1. The number of piperazine rings is 1. The Balaban J connectivity index is 1.55. The summed E-state index contributed by atoms with van der Waals surface area (Å²) in [6.07, 6.45) is 2.61. The van der Waals surface area contributed by atoms with E-state index in [1.807, 2.05) is 7.05 Å². The number of likely N-dealkylation sites (N-methyl/N-ethyl adjacent to an activating group) is 2. The highest BCUT2D eigenvalue weighted by molar-refractivity contribution is 5.79. The monoisotopic (exact) mass is 372 g/mol. The second-order valence-electron chi connectivity index (χ2n) is 7.90. The zero-order valence-electron chi connectivity index (χ0n) is 17.2. The summed E-state index contributed by atoms with van der Waals surface area (Å²) in [6, 6.07) is 11.8. The molecule has 6 nitrogen and oxygen atoms in total. The van der Waals surface area contributed by atoms with E-state index < -0.39 is 0 Å². The van der Waals surface area contributed by atoms with Crippen molar-refractivity contribution in [1.82, 2.24) is 25.3 Å². The topological polar surface area (TPSA) is 46.1 Å². The van der Waals surface area contributed by atoms with Crippen LogP contribution in [0.5, 0.6) is 0 Å². The summed E-state index contributed by atoms with van der Waals surface area (Å²) in [7, 11) is 6.28. The molecule has 2 fully saturated rings. The second-order valence-corrected chi connectivity index (χ2v) is 7.90. The van der Waals surface area contributed by atoms with Gasteiger partial charge in [0.15, 0.2) is 5.96 Å². The van der Waals surface area contributed by atoms with Gasteiger partial charge >= 0.3 is 0 Å². The van der Waals surface area contributed by atoms with Crippen LogP contribution in [0.4, 0.5) is 0 Å². The van der Waals surface area contributed by atoms with Gasteiger partial charge in [-0.05, 0) is 45.6 Å². The number of benzene rings is 1. The molecule has 0 aliphatic carbocycles. The number of hydrogen-bond donors (Lipinski definition) is 2. The quantitative estimate of drug-likeness (QED) is 0.581. The van der Waals surface area contributed by atoms with Crippen molar-refractivity contribution in [3.05, 3.63) is 35.9 Å². The maximum atomic E-state index is 4.45. The molecule has 0 spiro atoms. The van der Waals surface area contributed by atoms with Crippen molar-refractivity contribution in [2.75, 3.05) is 67.0 Å². The largest absolute Gasteiger partial charge is 0.355 e. The average Bonchev–Trinajstić information content (AvgIpc) is 3.22. The van der Waals surface area contributed by atoms with E-state index in [4.69, 9.17) is 0 Å². The molecule has 2 N–H and O–H groups in total. The number of nitrogens with one attached hydrogen (secondary N) is 2. The van der Waals surface area contributed by atoms with Gasteiger partial charge < -0.3 is 15.5 Å². The predicted molar refractivity (Wildman–Crippen MR) is 113 cm³/mol. The Morgan fingerprint density at radius 1 is 1.07 bits per heavy atom. The lowest BCUT2D eigenvalue weighted by Crippen LogP contribution is -2.55. The van der Waals surface area contributed by atoms with Gasteiger partial charge in [-0.1, -0.05) is 30.3 Å². The van der Waals surface area contributed by atoms with E-state index in [-0.39, 0.29) is 0 Å². The third kappa shape index (κ3) is 5.67. The van der Waals surface area contributed by atoms with Crippen LogP contribution in [0.2, 0.25) is 0 Å². The number of nitrogens with zero attached hydrogens (tertiary/aromatic N) is 4. The molecule has 1 aromatic rings. The Labute approximate surface area is 164 Å². The molecule has 150 valence electrons. The summed E-state index contributed by atoms with van der Waals surface area (Å²) < 4.78 is 0. The lowest BCUT2D eigenvalue weighted by atomic mass is 10.1. The highest BCUT2D eigenvalue weighted by atomic mass is 15.3. The average molecular weight is 373 g/mol. The Bertz CT molecular complexity index is 584. The van der Waals surface area contributed by atoms with Crippen LogP contribution < -0.4 is 10.6 Å². The van der Waals surface area contributed by atoms with Crippen LogP contribution in [0.1, 0.15) is 24.4 Å². The van der Waals surface area contributed by atoms with Crippen LogP contribution in [0.15, 0.2) is 35.3 Å². The molecule has 2 unspecified atom stereocenters. The van der Waals surface area contributed by atoms with E-state index in [2.05, 4.69) is 74.8 Å². The first-order chi connectivity index (χ1) is 13.2. The normalized spacial score (nSPS) is 24.1. The molecule has 2 saturated heterocycles. The number of hydrogen-bond acceptors (Lipinski definition) is 4. The lowest BCUT2D eigenvalue weighted by molar-refractivity contribution is 0.116. The van der Waals surface area contributed by atoms with Crippen molar-refractivity contribution in [1.29, 1.82) is 0 Å². The zero-order valence-corrected chi connectivity index (χ0v) is 17.2. The third-order valence-electron chi connectivity index (χ3n) is 5.94. The standard InChI is InChI=1S/C21H36N6/c1-22-21(23-15-19-17-25(2)13-14-26(19)3)24-16-20(27-11-7-8-12-27)18-9-5-4-6-10-18/h4-6,9-10,19-20H,7-8,11-17H2,1-3H3,(H2,22,23,24). The third-order valence-corrected chi connectivity index (χ3v) is 5.94. The van der Waals surface area contributed by atoms with Gasteiger partial charge in [-0.25, -0.2) is 0 Å². The number of rotatable bonds is 6. The van der Waals surface area contributed by atoms with Crippen molar-refractivity contribution >= 4 is 5.96 Å². The second kappa shape index (κ2) is 10.1. The first kappa shape index (κ1) is 20.1. The van der Waals surface area contributed by atoms with Gasteiger partial charge in [-0.15, -0.1) is 0 Å². The Morgan fingerprint density at radius 2 is 1.81 bits per heavy atom. The summed E-state index contributed by atoms with van der Waals surface area (Å²) in [5.74, 6) is 0.900. The van der Waals surface area contributed by atoms with Crippen molar-refractivity contribution < 1.29 is 0 Å². The molecule has 2 aliphatic heterocycles. The van der Waals surface area contributed by atoms with Gasteiger partial charge in [0.05, 0.1) is 6.04 Å². The zero-order chi connectivity index (χ0) is 19.1. The van der Waals surface area contributed by atoms with Crippen LogP contribution in [-0.4, -0.2) is 93.7 Å². The van der Waals surface area contributed by atoms with Gasteiger partial charge in [0.1, 0.15) is 0 Å². The van der Waals surface area contributed by atoms with E-state index in [9.17, 15) is 0 Å². The fourth-order valence-corrected chi connectivity index (χ4v) is 4.14. The van der Waals surface area contributed by atoms with Crippen molar-refractivity contribution in [2.45, 2.75) is 24.9 Å².